The van der Waals surface area contributed by atoms with Crippen molar-refractivity contribution in [1.29, 1.82) is 0 Å². The van der Waals surface area contributed by atoms with Gasteiger partial charge in [-0.3, -0.25) is 18.7 Å². The Balaban J connectivity index is 3.09. The Morgan fingerprint density at radius 1 is 1.21 bits per heavy atom. The Morgan fingerprint density at radius 2 is 1.79 bits per heavy atom. The van der Waals surface area contributed by atoms with Gasteiger partial charge >= 0.3 is 7.82 Å². The maximum atomic E-state index is 12.7. The third-order valence-corrected chi connectivity index (χ3v) is 4.43. The lowest BCUT2D eigenvalue weighted by Gasteiger charge is -2.26. The van der Waals surface area contributed by atoms with Crippen molar-refractivity contribution >= 4 is 13.7 Å². The van der Waals surface area contributed by atoms with Gasteiger partial charge in [0, 0.05) is 12.1 Å². The Labute approximate surface area is 143 Å². The van der Waals surface area contributed by atoms with Crippen molar-refractivity contribution in [2.24, 2.45) is 0 Å². The number of hydrogen-bond acceptors (Lipinski definition) is 5. The molecule has 1 amide bonds. The van der Waals surface area contributed by atoms with Gasteiger partial charge in [0.1, 0.15) is 0 Å². The van der Waals surface area contributed by atoms with E-state index in [1.807, 2.05) is 6.07 Å². The topological polar surface area (TPSA) is 65.1 Å². The second-order valence-corrected chi connectivity index (χ2v) is 6.16. The first-order chi connectivity index (χ1) is 11.5. The van der Waals surface area contributed by atoms with Crippen LogP contribution in [0.15, 0.2) is 54.9 Å². The van der Waals surface area contributed by atoms with Crippen LogP contribution in [0, 0.1) is 0 Å². The highest BCUT2D eigenvalue weighted by Gasteiger charge is 2.31. The van der Waals surface area contributed by atoms with Crippen molar-refractivity contribution in [2.45, 2.75) is 20.8 Å². The van der Waals surface area contributed by atoms with Crippen molar-refractivity contribution in [1.82, 2.24) is 4.90 Å². The molecule has 1 rings (SSSR count). The van der Waals surface area contributed by atoms with Crippen LogP contribution < -0.4 is 0 Å². The third kappa shape index (κ3) is 5.64. The number of rotatable bonds is 10. The molecule has 0 spiro atoms. The summed E-state index contributed by atoms with van der Waals surface area (Å²) >= 11 is 0. The number of carbonyl (C=O) groups is 1. The number of phosphoric acid groups is 1. The van der Waals surface area contributed by atoms with Crippen LogP contribution in [0.3, 0.4) is 0 Å². The highest BCUT2D eigenvalue weighted by Crippen LogP contribution is 2.51. The first-order valence-corrected chi connectivity index (χ1v) is 9.20. The maximum absolute atomic E-state index is 12.7. The molecule has 0 saturated heterocycles. The number of benzene rings is 1. The number of hydrogen-bond donors (Lipinski definition) is 0. The Kier molecular flexibility index (Phi) is 8.47. The molecule has 1 aromatic carbocycles. The van der Waals surface area contributed by atoms with E-state index in [-0.39, 0.29) is 31.5 Å². The largest absolute Gasteiger partial charge is 0.531 e. The molecule has 0 unspecified atom stereocenters. The normalized spacial score (nSPS) is 11.9. The van der Waals surface area contributed by atoms with Crippen molar-refractivity contribution in [3.05, 3.63) is 60.5 Å². The van der Waals surface area contributed by atoms with E-state index in [4.69, 9.17) is 13.6 Å². The minimum Gasteiger partial charge on any atom is -0.388 e. The van der Waals surface area contributed by atoms with Gasteiger partial charge in [-0.15, -0.1) is 6.58 Å². The molecule has 0 heterocycles. The summed E-state index contributed by atoms with van der Waals surface area (Å²) in [5.74, 6) is -0.211. The van der Waals surface area contributed by atoms with Crippen LogP contribution in [0.25, 0.3) is 0 Å². The summed E-state index contributed by atoms with van der Waals surface area (Å²) < 4.78 is 28.3. The quantitative estimate of drug-likeness (QED) is 0.355. The van der Waals surface area contributed by atoms with Crippen molar-refractivity contribution in [2.75, 3.05) is 19.8 Å². The monoisotopic (exact) mass is 353 g/mol. The van der Waals surface area contributed by atoms with Gasteiger partial charge in [-0.2, -0.15) is 0 Å². The Morgan fingerprint density at radius 3 is 2.25 bits per heavy atom. The molecule has 0 aromatic heterocycles. The molecule has 0 aliphatic heterocycles. The summed E-state index contributed by atoms with van der Waals surface area (Å²) in [5, 5.41) is 0. The molecular weight excluding hydrogens is 329 g/mol. The molecule has 6 nitrogen and oxygen atoms in total. The predicted molar refractivity (Wildman–Crippen MR) is 93.4 cm³/mol. The molecular formula is C17H24NO5P. The van der Waals surface area contributed by atoms with Gasteiger partial charge in [0.25, 0.3) is 5.91 Å². The van der Waals surface area contributed by atoms with Crippen molar-refractivity contribution in [3.63, 3.8) is 0 Å². The number of allylic oxidation sites excluding steroid dienone is 1. The predicted octanol–water partition coefficient (Wildman–Crippen LogP) is 4.37. The molecule has 7 heteroatoms. The fraction of sp³-hybridized carbons (Fsp3) is 0.353. The van der Waals surface area contributed by atoms with Crippen LogP contribution in [0.1, 0.15) is 31.1 Å². The summed E-state index contributed by atoms with van der Waals surface area (Å²) in [6.07, 6.45) is 3.09. The van der Waals surface area contributed by atoms with Crippen molar-refractivity contribution in [3.8, 4) is 0 Å². The van der Waals surface area contributed by atoms with Gasteiger partial charge in [0.15, 0.2) is 0 Å². The fourth-order valence-electron chi connectivity index (χ4n) is 1.92. The summed E-state index contributed by atoms with van der Waals surface area (Å²) in [6, 6.07) is 8.73. The average Bonchev–Trinajstić information content (AvgIpc) is 2.58. The van der Waals surface area contributed by atoms with E-state index in [1.165, 1.54) is 11.0 Å². The highest BCUT2D eigenvalue weighted by atomic mass is 31.2. The van der Waals surface area contributed by atoms with Crippen LogP contribution in [-0.4, -0.2) is 30.6 Å². The van der Waals surface area contributed by atoms with Crippen LogP contribution in [-0.2, 0) is 18.1 Å². The number of nitrogens with zero attached hydrogens (tertiary/aromatic N) is 1. The number of phosphoric ester groups is 1. The molecule has 0 saturated carbocycles. The smallest absolute Gasteiger partial charge is 0.388 e. The molecule has 0 atom stereocenters. The van der Waals surface area contributed by atoms with E-state index >= 15 is 0 Å². The van der Waals surface area contributed by atoms with E-state index in [0.717, 1.165) is 0 Å². The van der Waals surface area contributed by atoms with E-state index in [1.54, 1.807) is 51.1 Å². The van der Waals surface area contributed by atoms with E-state index in [2.05, 4.69) is 6.58 Å². The highest BCUT2D eigenvalue weighted by molar-refractivity contribution is 7.48. The van der Waals surface area contributed by atoms with E-state index in [0.29, 0.717) is 5.56 Å². The SMILES string of the molecule is C=CCN(C(=O)c1ccccc1)/C(=C/C)OP(=O)(OCC)OCC. The maximum Gasteiger partial charge on any atom is 0.531 e. The standard InChI is InChI=1S/C17H24NO5P/c1-5-14-18(17(19)15-12-10-9-11-13-15)16(6-2)23-24(20,21-7-3)22-8-4/h5-6,9-13H,1,7-8,14H2,2-4H3/b16-6-. The second-order valence-electron chi connectivity index (χ2n) is 4.57. The number of amides is 1. The minimum absolute atomic E-state index is 0.0917. The molecule has 132 valence electrons. The molecule has 24 heavy (non-hydrogen) atoms. The van der Waals surface area contributed by atoms with Gasteiger partial charge in [-0.05, 0) is 39.0 Å². The fourth-order valence-corrected chi connectivity index (χ4v) is 3.16. The molecule has 1 aromatic rings. The molecule has 0 N–H and O–H groups in total. The summed E-state index contributed by atoms with van der Waals surface area (Å²) in [4.78, 5) is 14.0. The summed E-state index contributed by atoms with van der Waals surface area (Å²) in [6.45, 7) is 9.19. The Bertz CT molecular complexity index is 605. The lowest BCUT2D eigenvalue weighted by molar-refractivity contribution is 0.0704. The third-order valence-electron chi connectivity index (χ3n) is 2.87. The zero-order valence-electron chi connectivity index (χ0n) is 14.3. The molecule has 0 aliphatic rings. The van der Waals surface area contributed by atoms with Crippen LogP contribution in [0.4, 0.5) is 0 Å². The first kappa shape index (κ1) is 20.2. The van der Waals surface area contributed by atoms with Gasteiger partial charge in [-0.1, -0.05) is 24.3 Å². The average molecular weight is 353 g/mol. The minimum atomic E-state index is -3.80. The first-order valence-electron chi connectivity index (χ1n) is 7.74. The lowest BCUT2D eigenvalue weighted by atomic mass is 10.2. The zero-order valence-corrected chi connectivity index (χ0v) is 15.2. The van der Waals surface area contributed by atoms with E-state index < -0.39 is 7.82 Å². The van der Waals surface area contributed by atoms with Crippen molar-refractivity contribution < 1.29 is 22.9 Å². The number of carbonyl (C=O) groups excluding carboxylic acids is 1. The van der Waals surface area contributed by atoms with Crippen LogP contribution in [0.2, 0.25) is 0 Å². The van der Waals surface area contributed by atoms with Gasteiger partial charge in [0.2, 0.25) is 5.88 Å². The summed E-state index contributed by atoms with van der Waals surface area (Å²) in [5.41, 5.74) is 0.477. The van der Waals surface area contributed by atoms with Gasteiger partial charge < -0.3 is 4.52 Å². The van der Waals surface area contributed by atoms with Gasteiger partial charge in [-0.25, -0.2) is 4.57 Å². The molecule has 0 aliphatic carbocycles. The second kappa shape index (κ2) is 10.1. The lowest BCUT2D eigenvalue weighted by Crippen LogP contribution is -2.31. The zero-order chi connectivity index (χ0) is 18.0. The van der Waals surface area contributed by atoms with Crippen LogP contribution in [0.5, 0.6) is 0 Å². The molecule has 0 bridgehead atoms. The van der Waals surface area contributed by atoms with E-state index in [9.17, 15) is 9.36 Å². The molecule has 0 fully saturated rings. The summed E-state index contributed by atoms with van der Waals surface area (Å²) in [7, 11) is -3.80. The Hall–Kier alpha value is -1.88. The van der Waals surface area contributed by atoms with Gasteiger partial charge in [0.05, 0.1) is 13.2 Å². The molecule has 0 radical (unpaired) electrons. The van der Waals surface area contributed by atoms with Crippen LogP contribution >= 0.6 is 7.82 Å².